The van der Waals surface area contributed by atoms with Crippen molar-refractivity contribution in [2.24, 2.45) is 0 Å². The van der Waals surface area contributed by atoms with E-state index in [0.29, 0.717) is 12.0 Å². The maximum Gasteiger partial charge on any atom is 0.200 e. The molecule has 1 aliphatic carbocycles. The van der Waals surface area contributed by atoms with Crippen molar-refractivity contribution in [1.29, 1.82) is 0 Å². The van der Waals surface area contributed by atoms with E-state index in [2.05, 4.69) is 21.7 Å². The van der Waals surface area contributed by atoms with E-state index in [1.165, 1.54) is 18.4 Å². The molecular weight excluding hydrogens is 186 g/mol. The lowest BCUT2D eigenvalue weighted by atomic mass is 10.2. The van der Waals surface area contributed by atoms with Crippen LogP contribution < -0.4 is 5.73 Å². The summed E-state index contributed by atoms with van der Waals surface area (Å²) in [4.78, 5) is 4.19. The molecule has 1 aromatic carbocycles. The Morgan fingerprint density at radius 2 is 1.93 bits per heavy atom. The molecule has 1 aliphatic rings. The molecule has 0 saturated heterocycles. The molecule has 15 heavy (non-hydrogen) atoms. The molecule has 0 atom stereocenters. The van der Waals surface area contributed by atoms with E-state index in [-0.39, 0.29) is 0 Å². The zero-order chi connectivity index (χ0) is 10.3. The second-order valence-corrected chi connectivity index (χ2v) is 3.97. The van der Waals surface area contributed by atoms with Crippen molar-refractivity contribution in [3.05, 3.63) is 36.5 Å². The smallest absolute Gasteiger partial charge is 0.200 e. The Bertz CT molecular complexity index is 469. The predicted molar refractivity (Wildman–Crippen MR) is 60.3 cm³/mol. The van der Waals surface area contributed by atoms with Crippen molar-refractivity contribution >= 4 is 5.95 Å². The lowest BCUT2D eigenvalue weighted by Crippen LogP contribution is -2.02. The summed E-state index contributed by atoms with van der Waals surface area (Å²) in [6.07, 6.45) is 4.31. The highest BCUT2D eigenvalue weighted by Gasteiger charge is 2.27. The Kier molecular flexibility index (Phi) is 1.78. The first-order valence-corrected chi connectivity index (χ1v) is 5.24. The maximum atomic E-state index is 5.87. The van der Waals surface area contributed by atoms with E-state index in [1.807, 2.05) is 24.4 Å². The second kappa shape index (κ2) is 3.12. The summed E-state index contributed by atoms with van der Waals surface area (Å²) < 4.78 is 2.15. The van der Waals surface area contributed by atoms with Crippen LogP contribution in [0.5, 0.6) is 0 Å². The van der Waals surface area contributed by atoms with Crippen molar-refractivity contribution in [2.45, 2.75) is 18.9 Å². The zero-order valence-corrected chi connectivity index (χ0v) is 8.43. The number of nitrogens with zero attached hydrogens (tertiary/aromatic N) is 2. The van der Waals surface area contributed by atoms with Crippen molar-refractivity contribution in [2.75, 3.05) is 5.73 Å². The molecule has 0 aliphatic heterocycles. The van der Waals surface area contributed by atoms with Gasteiger partial charge in [-0.1, -0.05) is 30.3 Å². The molecule has 3 nitrogen and oxygen atoms in total. The number of nitrogens with two attached hydrogens (primary N) is 1. The summed E-state index contributed by atoms with van der Waals surface area (Å²) in [5, 5.41) is 0. The number of rotatable bonds is 2. The van der Waals surface area contributed by atoms with Crippen molar-refractivity contribution in [1.82, 2.24) is 9.55 Å². The molecule has 3 rings (SSSR count). The van der Waals surface area contributed by atoms with Gasteiger partial charge in [0.2, 0.25) is 5.95 Å². The van der Waals surface area contributed by atoms with Crippen LogP contribution in [0.2, 0.25) is 0 Å². The van der Waals surface area contributed by atoms with E-state index in [4.69, 9.17) is 5.73 Å². The van der Waals surface area contributed by atoms with Gasteiger partial charge in [0, 0.05) is 6.04 Å². The van der Waals surface area contributed by atoms with Crippen LogP contribution in [-0.2, 0) is 0 Å². The minimum Gasteiger partial charge on any atom is -0.369 e. The van der Waals surface area contributed by atoms with Gasteiger partial charge in [0.25, 0.3) is 0 Å². The third-order valence-corrected chi connectivity index (χ3v) is 2.81. The number of benzene rings is 1. The Hall–Kier alpha value is -1.77. The van der Waals surface area contributed by atoms with Crippen LogP contribution in [0.4, 0.5) is 5.95 Å². The fraction of sp³-hybridized carbons (Fsp3) is 0.250. The van der Waals surface area contributed by atoms with Crippen LogP contribution in [0.3, 0.4) is 0 Å². The Labute approximate surface area is 88.6 Å². The predicted octanol–water partition coefficient (Wildman–Crippen LogP) is 2.47. The first kappa shape index (κ1) is 8.53. The summed E-state index contributed by atoms with van der Waals surface area (Å²) in [6.45, 7) is 0. The number of aromatic nitrogens is 2. The minimum atomic E-state index is 0.572. The molecule has 2 aromatic rings. The largest absolute Gasteiger partial charge is 0.369 e. The van der Waals surface area contributed by atoms with Gasteiger partial charge >= 0.3 is 0 Å². The Morgan fingerprint density at radius 3 is 2.60 bits per heavy atom. The molecule has 3 heteroatoms. The van der Waals surface area contributed by atoms with Gasteiger partial charge in [-0.2, -0.15) is 0 Å². The molecular formula is C12H13N3. The lowest BCUT2D eigenvalue weighted by Gasteiger charge is -2.07. The number of anilines is 1. The third kappa shape index (κ3) is 1.40. The minimum absolute atomic E-state index is 0.572. The average molecular weight is 199 g/mol. The van der Waals surface area contributed by atoms with Crippen LogP contribution in [0.25, 0.3) is 11.3 Å². The van der Waals surface area contributed by atoms with E-state index < -0.39 is 0 Å². The van der Waals surface area contributed by atoms with Crippen molar-refractivity contribution in [3.63, 3.8) is 0 Å². The summed E-state index contributed by atoms with van der Waals surface area (Å²) in [6, 6.07) is 10.9. The third-order valence-electron chi connectivity index (χ3n) is 2.81. The van der Waals surface area contributed by atoms with Gasteiger partial charge in [-0.3, -0.25) is 0 Å². The summed E-state index contributed by atoms with van der Waals surface area (Å²) in [5.74, 6) is 0.636. The standard InChI is InChI=1S/C12H13N3/c13-12-14-8-11(15(12)10-6-7-10)9-4-2-1-3-5-9/h1-5,8,10H,6-7H2,(H2,13,14). The molecule has 1 saturated carbocycles. The molecule has 1 fully saturated rings. The summed E-state index contributed by atoms with van der Waals surface area (Å²) >= 11 is 0. The first-order valence-electron chi connectivity index (χ1n) is 5.24. The highest BCUT2D eigenvalue weighted by molar-refractivity contribution is 5.61. The summed E-state index contributed by atoms with van der Waals surface area (Å²) in [7, 11) is 0. The van der Waals surface area contributed by atoms with E-state index >= 15 is 0 Å². The monoisotopic (exact) mass is 199 g/mol. The number of hydrogen-bond donors (Lipinski definition) is 1. The molecule has 0 spiro atoms. The molecule has 0 unspecified atom stereocenters. The lowest BCUT2D eigenvalue weighted by molar-refractivity contribution is 0.760. The highest BCUT2D eigenvalue weighted by Crippen LogP contribution is 2.40. The highest BCUT2D eigenvalue weighted by atomic mass is 15.2. The summed E-state index contributed by atoms with van der Waals surface area (Å²) in [5.41, 5.74) is 8.19. The first-order chi connectivity index (χ1) is 7.36. The molecule has 0 amide bonds. The maximum absolute atomic E-state index is 5.87. The van der Waals surface area contributed by atoms with Crippen LogP contribution in [0.1, 0.15) is 18.9 Å². The van der Waals surface area contributed by atoms with Crippen LogP contribution >= 0.6 is 0 Å². The second-order valence-electron chi connectivity index (χ2n) is 3.97. The van der Waals surface area contributed by atoms with Crippen LogP contribution in [-0.4, -0.2) is 9.55 Å². The normalized spacial score (nSPS) is 15.5. The Morgan fingerprint density at radius 1 is 1.20 bits per heavy atom. The van der Waals surface area contributed by atoms with Crippen molar-refractivity contribution < 1.29 is 0 Å². The molecule has 2 N–H and O–H groups in total. The van der Waals surface area contributed by atoms with Crippen molar-refractivity contribution in [3.8, 4) is 11.3 Å². The topological polar surface area (TPSA) is 43.8 Å². The number of imidazole rings is 1. The quantitative estimate of drug-likeness (QED) is 0.807. The van der Waals surface area contributed by atoms with Gasteiger partial charge in [-0.25, -0.2) is 4.98 Å². The molecule has 0 radical (unpaired) electrons. The van der Waals surface area contributed by atoms with Gasteiger partial charge in [-0.05, 0) is 18.4 Å². The van der Waals surface area contributed by atoms with Gasteiger partial charge in [-0.15, -0.1) is 0 Å². The SMILES string of the molecule is Nc1ncc(-c2ccccc2)n1C1CC1. The van der Waals surface area contributed by atoms with Crippen LogP contribution in [0, 0.1) is 0 Å². The Balaban J connectivity index is 2.12. The van der Waals surface area contributed by atoms with Gasteiger partial charge in [0.05, 0.1) is 11.9 Å². The molecule has 0 bridgehead atoms. The van der Waals surface area contributed by atoms with E-state index in [1.54, 1.807) is 0 Å². The fourth-order valence-corrected chi connectivity index (χ4v) is 1.91. The molecule has 76 valence electrons. The number of nitrogen functional groups attached to an aromatic ring is 1. The van der Waals surface area contributed by atoms with Gasteiger partial charge in [0.15, 0.2) is 0 Å². The fourth-order valence-electron chi connectivity index (χ4n) is 1.91. The molecule has 1 aromatic heterocycles. The van der Waals surface area contributed by atoms with Gasteiger partial charge in [0.1, 0.15) is 0 Å². The van der Waals surface area contributed by atoms with Gasteiger partial charge < -0.3 is 10.3 Å². The average Bonchev–Trinajstić information content (AvgIpc) is 3.03. The number of hydrogen-bond acceptors (Lipinski definition) is 2. The van der Waals surface area contributed by atoms with E-state index in [9.17, 15) is 0 Å². The van der Waals surface area contributed by atoms with E-state index in [0.717, 1.165) is 5.69 Å². The zero-order valence-electron chi connectivity index (χ0n) is 8.43. The molecule has 1 heterocycles. The van der Waals surface area contributed by atoms with Crippen LogP contribution in [0.15, 0.2) is 36.5 Å².